The number of nitrogens with zero attached hydrogens (tertiary/aromatic N) is 1. The number of ether oxygens (including phenoxy) is 1. The molecule has 24 heavy (non-hydrogen) atoms. The van der Waals surface area contributed by atoms with Gasteiger partial charge in [-0.05, 0) is 39.2 Å². The molecule has 0 saturated heterocycles. The topological polar surface area (TPSA) is 58.6 Å². The number of amides is 2. The minimum Gasteiger partial charge on any atom is -0.483 e. The molecule has 0 spiro atoms. The molecule has 0 bridgehead atoms. The van der Waals surface area contributed by atoms with Crippen LogP contribution in [-0.2, 0) is 9.59 Å². The molecule has 2 aromatic carbocycles. The molecule has 0 aliphatic carbocycles. The second-order valence-corrected chi connectivity index (χ2v) is 6.28. The Balaban J connectivity index is 1.94. The molecule has 0 unspecified atom stereocenters. The summed E-state index contributed by atoms with van der Waals surface area (Å²) in [6, 6.07) is 11.7. The highest BCUT2D eigenvalue weighted by molar-refractivity contribution is 9.10. The fourth-order valence-corrected chi connectivity index (χ4v) is 2.81. The number of nitrogens with one attached hydrogen (secondary N) is 1. The Bertz CT molecular complexity index is 733. The molecule has 2 aromatic rings. The van der Waals surface area contributed by atoms with Gasteiger partial charge in [-0.3, -0.25) is 9.59 Å². The molecule has 0 heterocycles. The lowest BCUT2D eigenvalue weighted by molar-refractivity contribution is -0.136. The Morgan fingerprint density at radius 1 is 1.21 bits per heavy atom. The van der Waals surface area contributed by atoms with Crippen LogP contribution >= 0.6 is 15.9 Å². The van der Waals surface area contributed by atoms with Gasteiger partial charge >= 0.3 is 0 Å². The van der Waals surface area contributed by atoms with Gasteiger partial charge in [-0.15, -0.1) is 0 Å². The predicted molar refractivity (Wildman–Crippen MR) is 98.1 cm³/mol. The normalized spacial score (nSPS) is 10.5. The molecule has 0 fully saturated rings. The molecular formula is C18H21BrN2O3. The van der Waals surface area contributed by atoms with Crippen molar-refractivity contribution in [1.82, 2.24) is 10.2 Å². The van der Waals surface area contributed by atoms with E-state index in [0.717, 1.165) is 21.7 Å². The van der Waals surface area contributed by atoms with E-state index in [2.05, 4.69) is 21.2 Å². The summed E-state index contributed by atoms with van der Waals surface area (Å²) in [6.07, 6.45) is 0.864. The molecule has 0 radical (unpaired) electrons. The summed E-state index contributed by atoms with van der Waals surface area (Å²) < 4.78 is 6.44. The van der Waals surface area contributed by atoms with Gasteiger partial charge in [0, 0.05) is 13.6 Å². The van der Waals surface area contributed by atoms with Crippen LogP contribution in [0.15, 0.2) is 40.9 Å². The summed E-state index contributed by atoms with van der Waals surface area (Å²) >= 11 is 3.52. The van der Waals surface area contributed by atoms with E-state index < -0.39 is 0 Å². The molecule has 0 atom stereocenters. The van der Waals surface area contributed by atoms with E-state index in [1.807, 2.05) is 43.3 Å². The average molecular weight is 393 g/mol. The largest absolute Gasteiger partial charge is 0.483 e. The van der Waals surface area contributed by atoms with E-state index in [1.54, 1.807) is 7.05 Å². The summed E-state index contributed by atoms with van der Waals surface area (Å²) in [7, 11) is 1.59. The Morgan fingerprint density at radius 2 is 1.96 bits per heavy atom. The van der Waals surface area contributed by atoms with Crippen molar-refractivity contribution >= 4 is 38.5 Å². The minimum absolute atomic E-state index is 0.0289. The van der Waals surface area contributed by atoms with Crippen molar-refractivity contribution in [3.63, 3.8) is 0 Å². The van der Waals surface area contributed by atoms with E-state index >= 15 is 0 Å². The second-order valence-electron chi connectivity index (χ2n) is 5.49. The van der Waals surface area contributed by atoms with Crippen LogP contribution in [0.4, 0.5) is 0 Å². The Kier molecular flexibility index (Phi) is 6.61. The summed E-state index contributed by atoms with van der Waals surface area (Å²) in [4.78, 5) is 25.1. The average Bonchev–Trinajstić information content (AvgIpc) is 2.59. The molecule has 0 aliphatic heterocycles. The van der Waals surface area contributed by atoms with Crippen molar-refractivity contribution in [2.45, 2.75) is 13.3 Å². The zero-order valence-corrected chi connectivity index (χ0v) is 15.4. The SMILES string of the molecule is CCCNC(=O)CN(C)C(=O)COc1ccc2ccccc2c1Br. The van der Waals surface area contributed by atoms with Gasteiger partial charge in [0.15, 0.2) is 6.61 Å². The van der Waals surface area contributed by atoms with E-state index in [0.29, 0.717) is 12.3 Å². The minimum atomic E-state index is -0.248. The van der Waals surface area contributed by atoms with E-state index in [1.165, 1.54) is 4.90 Å². The van der Waals surface area contributed by atoms with Crippen LogP contribution in [0.5, 0.6) is 5.75 Å². The lowest BCUT2D eigenvalue weighted by Gasteiger charge is -2.17. The fourth-order valence-electron chi connectivity index (χ4n) is 2.20. The molecule has 0 saturated carbocycles. The number of halogens is 1. The van der Waals surface area contributed by atoms with Crippen LogP contribution in [0.25, 0.3) is 10.8 Å². The number of rotatable bonds is 7. The van der Waals surface area contributed by atoms with Gasteiger partial charge in [0.05, 0.1) is 11.0 Å². The first-order chi connectivity index (χ1) is 11.5. The first-order valence-corrected chi connectivity index (χ1v) is 8.63. The molecule has 1 N–H and O–H groups in total. The second kappa shape index (κ2) is 8.68. The van der Waals surface area contributed by atoms with Gasteiger partial charge in [0.2, 0.25) is 5.91 Å². The maximum absolute atomic E-state index is 12.1. The third kappa shape index (κ3) is 4.71. The summed E-state index contributed by atoms with van der Waals surface area (Å²) in [5.74, 6) is 0.187. The standard InChI is InChI=1S/C18H21BrN2O3/c1-3-10-20-16(22)11-21(2)17(23)12-24-15-9-8-13-6-4-5-7-14(13)18(15)19/h4-9H,3,10-12H2,1-2H3,(H,20,22). The maximum atomic E-state index is 12.1. The molecule has 2 rings (SSSR count). The fraction of sp³-hybridized carbons (Fsp3) is 0.333. The summed E-state index contributed by atoms with van der Waals surface area (Å²) in [5, 5.41) is 4.85. The maximum Gasteiger partial charge on any atom is 0.260 e. The quantitative estimate of drug-likeness (QED) is 0.787. The van der Waals surface area contributed by atoms with Crippen molar-refractivity contribution < 1.29 is 14.3 Å². The van der Waals surface area contributed by atoms with Crippen molar-refractivity contribution in [3.8, 4) is 5.75 Å². The van der Waals surface area contributed by atoms with Crippen molar-refractivity contribution in [2.24, 2.45) is 0 Å². The lowest BCUT2D eigenvalue weighted by atomic mass is 10.1. The Hall–Kier alpha value is -2.08. The van der Waals surface area contributed by atoms with Crippen LogP contribution in [-0.4, -0.2) is 43.5 Å². The van der Waals surface area contributed by atoms with Crippen LogP contribution in [0, 0.1) is 0 Å². The van der Waals surface area contributed by atoms with Gasteiger partial charge in [-0.25, -0.2) is 0 Å². The van der Waals surface area contributed by atoms with E-state index in [9.17, 15) is 9.59 Å². The zero-order chi connectivity index (χ0) is 17.5. The van der Waals surface area contributed by atoms with Crippen molar-refractivity contribution in [2.75, 3.05) is 26.7 Å². The molecule has 128 valence electrons. The van der Waals surface area contributed by atoms with Gasteiger partial charge in [0.1, 0.15) is 5.75 Å². The molecule has 0 aromatic heterocycles. The molecule has 0 aliphatic rings. The van der Waals surface area contributed by atoms with Crippen LogP contribution in [0.3, 0.4) is 0 Å². The van der Waals surface area contributed by atoms with Crippen LogP contribution < -0.4 is 10.1 Å². The monoisotopic (exact) mass is 392 g/mol. The first kappa shape index (κ1) is 18.3. The first-order valence-electron chi connectivity index (χ1n) is 7.83. The molecule has 2 amide bonds. The molecule has 6 heteroatoms. The highest BCUT2D eigenvalue weighted by atomic mass is 79.9. The highest BCUT2D eigenvalue weighted by Gasteiger charge is 2.14. The predicted octanol–water partition coefficient (Wildman–Crippen LogP) is 2.97. The number of hydrogen-bond acceptors (Lipinski definition) is 3. The van der Waals surface area contributed by atoms with Crippen LogP contribution in [0.2, 0.25) is 0 Å². The van der Waals surface area contributed by atoms with Crippen LogP contribution in [0.1, 0.15) is 13.3 Å². The highest BCUT2D eigenvalue weighted by Crippen LogP contribution is 2.32. The van der Waals surface area contributed by atoms with E-state index in [-0.39, 0.29) is 25.0 Å². The number of carbonyl (C=O) groups is 2. The van der Waals surface area contributed by atoms with Gasteiger partial charge in [-0.1, -0.05) is 37.3 Å². The van der Waals surface area contributed by atoms with Crippen molar-refractivity contribution in [1.29, 1.82) is 0 Å². The lowest BCUT2D eigenvalue weighted by Crippen LogP contribution is -2.40. The van der Waals surface area contributed by atoms with Gasteiger partial charge < -0.3 is 15.0 Å². The number of benzene rings is 2. The smallest absolute Gasteiger partial charge is 0.260 e. The Labute approximate surface area is 150 Å². The van der Waals surface area contributed by atoms with E-state index in [4.69, 9.17) is 4.74 Å². The zero-order valence-electron chi connectivity index (χ0n) is 13.8. The number of likely N-dealkylation sites (N-methyl/N-ethyl adjacent to an activating group) is 1. The van der Waals surface area contributed by atoms with Crippen molar-refractivity contribution in [3.05, 3.63) is 40.9 Å². The summed E-state index contributed by atoms with van der Waals surface area (Å²) in [6.45, 7) is 2.50. The van der Waals surface area contributed by atoms with Gasteiger partial charge in [-0.2, -0.15) is 0 Å². The third-order valence-electron chi connectivity index (χ3n) is 3.56. The number of carbonyl (C=O) groups excluding carboxylic acids is 2. The number of fused-ring (bicyclic) bond motifs is 1. The Morgan fingerprint density at radius 3 is 2.71 bits per heavy atom. The summed E-state index contributed by atoms with van der Waals surface area (Å²) in [5.41, 5.74) is 0. The number of hydrogen-bond donors (Lipinski definition) is 1. The third-order valence-corrected chi connectivity index (χ3v) is 4.38. The molecule has 5 nitrogen and oxygen atoms in total. The van der Waals surface area contributed by atoms with Gasteiger partial charge in [0.25, 0.3) is 5.91 Å². The molecular weight excluding hydrogens is 372 g/mol.